The number of esters is 1. The van der Waals surface area contributed by atoms with Crippen LogP contribution in [0.2, 0.25) is 5.02 Å². The van der Waals surface area contributed by atoms with E-state index in [9.17, 15) is 14.7 Å². The molecule has 1 aliphatic carbocycles. The third-order valence-corrected chi connectivity index (χ3v) is 4.64. The Morgan fingerprint density at radius 2 is 2.00 bits per heavy atom. The second-order valence-corrected chi connectivity index (χ2v) is 6.34. The first kappa shape index (κ1) is 16.5. The van der Waals surface area contributed by atoms with Gasteiger partial charge in [-0.3, -0.25) is 4.79 Å². The van der Waals surface area contributed by atoms with Gasteiger partial charge >= 0.3 is 5.97 Å². The fourth-order valence-corrected chi connectivity index (χ4v) is 3.28. The molecular weight excluding hydrogens is 332 g/mol. The van der Waals surface area contributed by atoms with Crippen LogP contribution >= 0.6 is 11.6 Å². The van der Waals surface area contributed by atoms with Gasteiger partial charge in [-0.05, 0) is 31.7 Å². The van der Waals surface area contributed by atoms with E-state index >= 15 is 0 Å². The van der Waals surface area contributed by atoms with Crippen molar-refractivity contribution >= 4 is 34.8 Å². The molecule has 126 valence electrons. The number of hydrazone groups is 1. The van der Waals surface area contributed by atoms with Crippen LogP contribution in [-0.4, -0.2) is 28.3 Å². The van der Waals surface area contributed by atoms with Crippen LogP contribution < -0.4 is 5.43 Å². The highest BCUT2D eigenvalue weighted by Crippen LogP contribution is 2.45. The standard InChI is InChI=1S/C17H17ClN2O4/c1-10(21)19-20-11-6-8-17(9-7-11)15(22)14(16(23)24-17)12-4-2-3-5-13(12)18/h2-5,22H,6-9H2,1H3,(H,19,21). The van der Waals surface area contributed by atoms with Gasteiger partial charge in [-0.25, -0.2) is 10.2 Å². The number of amides is 1. The second-order valence-electron chi connectivity index (χ2n) is 5.93. The summed E-state index contributed by atoms with van der Waals surface area (Å²) in [6.45, 7) is 1.39. The van der Waals surface area contributed by atoms with Gasteiger partial charge in [-0.2, -0.15) is 5.10 Å². The summed E-state index contributed by atoms with van der Waals surface area (Å²) in [6, 6.07) is 6.85. The van der Waals surface area contributed by atoms with Crippen molar-refractivity contribution in [3.05, 3.63) is 40.6 Å². The number of hydrogen-bond donors (Lipinski definition) is 2. The number of ether oxygens (including phenoxy) is 1. The molecule has 1 saturated carbocycles. The molecule has 1 aliphatic heterocycles. The highest BCUT2D eigenvalue weighted by Gasteiger charge is 2.50. The van der Waals surface area contributed by atoms with E-state index in [2.05, 4.69) is 10.5 Å². The molecule has 1 aromatic carbocycles. The van der Waals surface area contributed by atoms with Gasteiger partial charge in [0, 0.05) is 23.2 Å². The van der Waals surface area contributed by atoms with Crippen molar-refractivity contribution in [1.82, 2.24) is 5.43 Å². The third-order valence-electron chi connectivity index (χ3n) is 4.31. The number of rotatable bonds is 2. The van der Waals surface area contributed by atoms with Crippen molar-refractivity contribution in [2.75, 3.05) is 0 Å². The van der Waals surface area contributed by atoms with Gasteiger partial charge in [-0.1, -0.05) is 29.8 Å². The summed E-state index contributed by atoms with van der Waals surface area (Å²) in [5.74, 6) is -0.874. The highest BCUT2D eigenvalue weighted by molar-refractivity contribution is 6.35. The van der Waals surface area contributed by atoms with E-state index < -0.39 is 11.6 Å². The lowest BCUT2D eigenvalue weighted by Crippen LogP contribution is -2.37. The zero-order valence-electron chi connectivity index (χ0n) is 13.1. The number of aliphatic hydroxyl groups excluding tert-OH is 1. The second kappa shape index (κ2) is 6.28. The number of nitrogens with one attached hydrogen (secondary N) is 1. The SMILES string of the molecule is CC(=O)NN=C1CCC2(CC1)OC(=O)C(c1ccccc1Cl)=C2O. The number of hydrogen-bond acceptors (Lipinski definition) is 5. The van der Waals surface area contributed by atoms with E-state index in [0.717, 1.165) is 5.71 Å². The van der Waals surface area contributed by atoms with E-state index in [-0.39, 0.29) is 17.2 Å². The molecule has 6 nitrogen and oxygen atoms in total. The summed E-state index contributed by atoms with van der Waals surface area (Å²) in [4.78, 5) is 23.2. The maximum Gasteiger partial charge on any atom is 0.343 e. The molecule has 0 aromatic heterocycles. The minimum atomic E-state index is -1.03. The summed E-state index contributed by atoms with van der Waals surface area (Å²) in [5.41, 5.74) is 2.79. The molecule has 0 radical (unpaired) electrons. The molecule has 1 fully saturated rings. The first-order valence-electron chi connectivity index (χ1n) is 7.67. The van der Waals surface area contributed by atoms with Gasteiger partial charge in [0.1, 0.15) is 5.57 Å². The van der Waals surface area contributed by atoms with Crippen LogP contribution in [0.5, 0.6) is 0 Å². The van der Waals surface area contributed by atoms with Crippen molar-refractivity contribution in [2.24, 2.45) is 5.10 Å². The Morgan fingerprint density at radius 3 is 2.62 bits per heavy atom. The predicted octanol–water partition coefficient (Wildman–Crippen LogP) is 2.97. The molecule has 2 N–H and O–H groups in total. The molecule has 24 heavy (non-hydrogen) atoms. The van der Waals surface area contributed by atoms with Crippen LogP contribution in [0.15, 0.2) is 35.1 Å². The summed E-state index contributed by atoms with van der Waals surface area (Å²) < 4.78 is 5.53. The van der Waals surface area contributed by atoms with Gasteiger partial charge in [0.05, 0.1) is 0 Å². The quantitative estimate of drug-likeness (QED) is 0.635. The molecule has 1 heterocycles. The highest BCUT2D eigenvalue weighted by atomic mass is 35.5. The fraction of sp³-hybridized carbons (Fsp3) is 0.353. The fourth-order valence-electron chi connectivity index (χ4n) is 3.05. The van der Waals surface area contributed by atoms with Gasteiger partial charge in [0.25, 0.3) is 0 Å². The summed E-state index contributed by atoms with van der Waals surface area (Å²) in [5, 5.41) is 15.1. The lowest BCUT2D eigenvalue weighted by molar-refractivity contribution is -0.148. The Bertz CT molecular complexity index is 760. The Balaban J connectivity index is 1.87. The molecule has 1 amide bonds. The molecule has 1 spiro atoms. The van der Waals surface area contributed by atoms with E-state index in [1.165, 1.54) is 6.92 Å². The van der Waals surface area contributed by atoms with Gasteiger partial charge in [0.15, 0.2) is 11.4 Å². The van der Waals surface area contributed by atoms with Crippen molar-refractivity contribution < 1.29 is 19.4 Å². The topological polar surface area (TPSA) is 88.0 Å². The van der Waals surface area contributed by atoms with E-state index in [1.54, 1.807) is 24.3 Å². The molecule has 0 unspecified atom stereocenters. The molecule has 0 bridgehead atoms. The maximum atomic E-state index is 12.3. The van der Waals surface area contributed by atoms with E-state index in [4.69, 9.17) is 16.3 Å². The number of carbonyl (C=O) groups excluding carboxylic acids is 2. The van der Waals surface area contributed by atoms with Gasteiger partial charge in [-0.15, -0.1) is 0 Å². The largest absolute Gasteiger partial charge is 0.507 e. The molecule has 3 rings (SSSR count). The first-order chi connectivity index (χ1) is 11.4. The number of nitrogens with zero attached hydrogens (tertiary/aromatic N) is 1. The van der Waals surface area contributed by atoms with Gasteiger partial charge in [0.2, 0.25) is 5.91 Å². The summed E-state index contributed by atoms with van der Waals surface area (Å²) in [7, 11) is 0. The van der Waals surface area contributed by atoms with Crippen LogP contribution in [0.1, 0.15) is 38.2 Å². The van der Waals surface area contributed by atoms with Crippen molar-refractivity contribution in [3.8, 4) is 0 Å². The normalized spacial score (nSPS) is 23.4. The monoisotopic (exact) mass is 348 g/mol. The van der Waals surface area contributed by atoms with Crippen LogP contribution in [0, 0.1) is 0 Å². The summed E-state index contributed by atoms with van der Waals surface area (Å²) in [6.07, 6.45) is 1.87. The number of carbonyl (C=O) groups is 2. The Hall–Kier alpha value is -2.34. The lowest BCUT2D eigenvalue weighted by atomic mass is 9.81. The first-order valence-corrected chi connectivity index (χ1v) is 8.05. The van der Waals surface area contributed by atoms with Crippen LogP contribution in [-0.2, 0) is 14.3 Å². The summed E-state index contributed by atoms with van der Waals surface area (Å²) >= 11 is 6.14. The van der Waals surface area contributed by atoms with Crippen LogP contribution in [0.3, 0.4) is 0 Å². The zero-order chi connectivity index (χ0) is 17.3. The Morgan fingerprint density at radius 1 is 1.33 bits per heavy atom. The van der Waals surface area contributed by atoms with Crippen molar-refractivity contribution in [2.45, 2.75) is 38.2 Å². The van der Waals surface area contributed by atoms with Crippen molar-refractivity contribution in [1.29, 1.82) is 0 Å². The molecule has 7 heteroatoms. The molecular formula is C17H17ClN2O4. The predicted molar refractivity (Wildman–Crippen MR) is 89.5 cm³/mol. The Labute approximate surface area is 144 Å². The number of aliphatic hydroxyl groups is 1. The molecule has 0 saturated heterocycles. The van der Waals surface area contributed by atoms with E-state index in [1.807, 2.05) is 0 Å². The van der Waals surface area contributed by atoms with Crippen molar-refractivity contribution in [3.63, 3.8) is 0 Å². The van der Waals surface area contributed by atoms with E-state index in [0.29, 0.717) is 36.3 Å². The molecule has 0 atom stereocenters. The van der Waals surface area contributed by atoms with Gasteiger partial charge < -0.3 is 9.84 Å². The third kappa shape index (κ3) is 2.89. The number of halogens is 1. The Kier molecular flexibility index (Phi) is 4.32. The van der Waals surface area contributed by atoms with Crippen LogP contribution in [0.4, 0.5) is 0 Å². The number of benzene rings is 1. The zero-order valence-corrected chi connectivity index (χ0v) is 13.9. The average molecular weight is 349 g/mol. The molecule has 2 aliphatic rings. The maximum absolute atomic E-state index is 12.3. The lowest BCUT2D eigenvalue weighted by Gasteiger charge is -2.32. The minimum Gasteiger partial charge on any atom is -0.507 e. The van der Waals surface area contributed by atoms with Crippen LogP contribution in [0.25, 0.3) is 5.57 Å². The smallest absolute Gasteiger partial charge is 0.343 e. The molecule has 1 aromatic rings. The minimum absolute atomic E-state index is 0.0702. The average Bonchev–Trinajstić information content (AvgIpc) is 2.78.